The van der Waals surface area contributed by atoms with Crippen molar-refractivity contribution in [3.05, 3.63) is 59.9 Å². The van der Waals surface area contributed by atoms with Crippen molar-refractivity contribution < 1.29 is 13.9 Å². The van der Waals surface area contributed by atoms with E-state index in [-0.39, 0.29) is 23.8 Å². The van der Waals surface area contributed by atoms with Crippen molar-refractivity contribution in [3.63, 3.8) is 0 Å². The summed E-state index contributed by atoms with van der Waals surface area (Å²) in [6.45, 7) is 5.06. The maximum Gasteiger partial charge on any atom is 0.241 e. The van der Waals surface area contributed by atoms with Gasteiger partial charge in [-0.1, -0.05) is 24.3 Å². The summed E-state index contributed by atoms with van der Waals surface area (Å²) in [6.07, 6.45) is 0.695. The monoisotopic (exact) mass is 398 g/mol. The van der Waals surface area contributed by atoms with Gasteiger partial charge in [0.25, 0.3) is 0 Å². The molecule has 0 bridgehead atoms. The van der Waals surface area contributed by atoms with E-state index < -0.39 is 0 Å². The lowest BCUT2D eigenvalue weighted by atomic mass is 10.0. The number of hydrogen-bond acceptors (Lipinski definition) is 5. The van der Waals surface area contributed by atoms with Crippen LogP contribution in [0.15, 0.2) is 48.5 Å². The minimum atomic E-state index is -0.258. The topological polar surface area (TPSA) is 56.8 Å². The molecule has 0 spiro atoms. The van der Waals surface area contributed by atoms with E-state index in [9.17, 15) is 9.18 Å². The molecule has 2 aliphatic rings. The number of nitrogens with zero attached hydrogens (tertiary/aromatic N) is 2. The second-order valence-corrected chi connectivity index (χ2v) is 7.40. The van der Waals surface area contributed by atoms with Crippen LogP contribution in [0.5, 0.6) is 5.75 Å². The Kier molecular flexibility index (Phi) is 5.97. The van der Waals surface area contributed by atoms with Crippen molar-refractivity contribution in [1.29, 1.82) is 0 Å². The van der Waals surface area contributed by atoms with Gasteiger partial charge in [0.15, 0.2) is 0 Å². The fourth-order valence-electron chi connectivity index (χ4n) is 4.00. The molecule has 2 aromatic carbocycles. The number of anilines is 1. The Bertz CT molecular complexity index is 837. The third-order valence-electron chi connectivity index (χ3n) is 5.58. The zero-order valence-corrected chi connectivity index (χ0v) is 16.6. The van der Waals surface area contributed by atoms with Gasteiger partial charge in [0.05, 0.1) is 12.3 Å². The predicted molar refractivity (Wildman–Crippen MR) is 110 cm³/mol. The maximum absolute atomic E-state index is 14.0. The van der Waals surface area contributed by atoms with Crippen LogP contribution in [0.2, 0.25) is 0 Å². The third kappa shape index (κ3) is 4.36. The Morgan fingerprint density at radius 2 is 1.79 bits per heavy atom. The molecule has 2 atom stereocenters. The molecule has 1 amide bonds. The van der Waals surface area contributed by atoms with Crippen LogP contribution in [0.4, 0.5) is 10.1 Å². The summed E-state index contributed by atoms with van der Waals surface area (Å²) in [4.78, 5) is 16.8. The molecule has 2 aromatic rings. The van der Waals surface area contributed by atoms with Crippen molar-refractivity contribution in [3.8, 4) is 5.75 Å². The van der Waals surface area contributed by atoms with Gasteiger partial charge < -0.3 is 14.5 Å². The quantitative estimate of drug-likeness (QED) is 0.811. The minimum absolute atomic E-state index is 0.0827. The molecule has 154 valence electrons. The Balaban J connectivity index is 1.31. The maximum atomic E-state index is 14.0. The summed E-state index contributed by atoms with van der Waals surface area (Å²) >= 11 is 0. The van der Waals surface area contributed by atoms with E-state index >= 15 is 0 Å². The van der Waals surface area contributed by atoms with Crippen LogP contribution in [0.1, 0.15) is 24.9 Å². The van der Waals surface area contributed by atoms with Gasteiger partial charge in [-0.3, -0.25) is 4.79 Å². The zero-order chi connectivity index (χ0) is 20.2. The second-order valence-electron chi connectivity index (χ2n) is 7.40. The van der Waals surface area contributed by atoms with E-state index in [1.54, 1.807) is 12.1 Å². The van der Waals surface area contributed by atoms with Gasteiger partial charge in [-0.05, 0) is 43.2 Å². The number of carbonyl (C=O) groups is 1. The second kappa shape index (κ2) is 8.80. The Labute approximate surface area is 170 Å². The van der Waals surface area contributed by atoms with Crippen LogP contribution in [-0.4, -0.2) is 49.6 Å². The van der Waals surface area contributed by atoms with E-state index in [0.717, 1.165) is 11.3 Å². The molecule has 0 aromatic heterocycles. The number of carbonyl (C=O) groups excluding carboxylic acids is 1. The summed E-state index contributed by atoms with van der Waals surface area (Å²) < 4.78 is 19.5. The molecule has 0 aliphatic carbocycles. The average molecular weight is 398 g/mol. The molecule has 29 heavy (non-hydrogen) atoms. The number of rotatable bonds is 5. The van der Waals surface area contributed by atoms with Crippen molar-refractivity contribution in [2.75, 3.05) is 37.7 Å². The Morgan fingerprint density at radius 1 is 1.07 bits per heavy atom. The zero-order valence-electron chi connectivity index (χ0n) is 16.6. The smallest absolute Gasteiger partial charge is 0.241 e. The standard InChI is InChI=1S/C22H27FN4O2/c1-2-29-17-9-7-16(8-10-17)19-15-20(25-24-19)22(28)27-13-11-26(12-14-27)21-6-4-3-5-18(21)23/h3-10,19-20,24-25H,2,11-15H2,1H3. The number of benzene rings is 2. The molecule has 7 heteroatoms. The highest BCUT2D eigenvalue weighted by molar-refractivity contribution is 5.82. The number of piperazine rings is 1. The van der Waals surface area contributed by atoms with E-state index in [4.69, 9.17) is 4.74 Å². The molecular formula is C22H27FN4O2. The lowest BCUT2D eigenvalue weighted by Crippen LogP contribution is -2.53. The summed E-state index contributed by atoms with van der Waals surface area (Å²) in [5, 5.41) is 0. The average Bonchev–Trinajstić information content (AvgIpc) is 3.25. The van der Waals surface area contributed by atoms with Crippen LogP contribution >= 0.6 is 0 Å². The lowest BCUT2D eigenvalue weighted by Gasteiger charge is -2.37. The molecule has 2 unspecified atom stereocenters. The van der Waals surface area contributed by atoms with E-state index in [1.165, 1.54) is 6.07 Å². The van der Waals surface area contributed by atoms with Crippen LogP contribution in [0.3, 0.4) is 0 Å². The van der Waals surface area contributed by atoms with E-state index in [2.05, 4.69) is 10.9 Å². The summed E-state index contributed by atoms with van der Waals surface area (Å²) in [6, 6.07) is 14.6. The number of hydrogen-bond donors (Lipinski definition) is 2. The van der Waals surface area contributed by atoms with E-state index in [1.807, 2.05) is 47.1 Å². The van der Waals surface area contributed by atoms with Crippen LogP contribution in [-0.2, 0) is 4.79 Å². The van der Waals surface area contributed by atoms with Gasteiger partial charge in [0.1, 0.15) is 17.6 Å². The first-order chi connectivity index (χ1) is 14.2. The van der Waals surface area contributed by atoms with Crippen molar-refractivity contribution in [2.24, 2.45) is 0 Å². The first kappa shape index (κ1) is 19.7. The first-order valence-electron chi connectivity index (χ1n) is 10.2. The molecule has 4 rings (SSSR count). The number of nitrogens with one attached hydrogen (secondary N) is 2. The van der Waals surface area contributed by atoms with E-state index in [0.29, 0.717) is 44.9 Å². The van der Waals surface area contributed by atoms with Gasteiger partial charge in [0.2, 0.25) is 5.91 Å². The number of para-hydroxylation sites is 1. The van der Waals surface area contributed by atoms with Crippen molar-refractivity contribution in [1.82, 2.24) is 15.8 Å². The van der Waals surface area contributed by atoms with Gasteiger partial charge in [-0.2, -0.15) is 0 Å². The summed E-state index contributed by atoms with van der Waals surface area (Å²) in [7, 11) is 0. The highest BCUT2D eigenvalue weighted by Gasteiger charge is 2.34. The number of amides is 1. The fourth-order valence-corrected chi connectivity index (χ4v) is 4.00. The van der Waals surface area contributed by atoms with Crippen LogP contribution < -0.4 is 20.5 Å². The molecule has 2 N–H and O–H groups in total. The van der Waals surface area contributed by atoms with Crippen molar-refractivity contribution in [2.45, 2.75) is 25.4 Å². The SMILES string of the molecule is CCOc1ccc(C2CC(C(=O)N3CCN(c4ccccc4F)CC3)NN2)cc1. The largest absolute Gasteiger partial charge is 0.494 e. The van der Waals surface area contributed by atoms with Crippen molar-refractivity contribution >= 4 is 11.6 Å². The molecule has 2 aliphatic heterocycles. The highest BCUT2D eigenvalue weighted by atomic mass is 19.1. The Hall–Kier alpha value is -2.64. The lowest BCUT2D eigenvalue weighted by molar-refractivity contribution is -0.133. The summed E-state index contributed by atoms with van der Waals surface area (Å²) in [5.74, 6) is 0.730. The van der Waals surface area contributed by atoms with Gasteiger partial charge >= 0.3 is 0 Å². The number of hydrazine groups is 1. The molecule has 0 saturated carbocycles. The third-order valence-corrected chi connectivity index (χ3v) is 5.58. The molecular weight excluding hydrogens is 371 g/mol. The highest BCUT2D eigenvalue weighted by Crippen LogP contribution is 2.26. The molecule has 2 saturated heterocycles. The molecule has 2 heterocycles. The number of ether oxygens (including phenoxy) is 1. The van der Waals surface area contributed by atoms with Gasteiger partial charge in [0, 0.05) is 32.2 Å². The van der Waals surface area contributed by atoms with Crippen LogP contribution in [0, 0.1) is 5.82 Å². The molecule has 0 radical (unpaired) electrons. The molecule has 6 nitrogen and oxygen atoms in total. The Morgan fingerprint density at radius 3 is 2.48 bits per heavy atom. The summed E-state index contributed by atoms with van der Waals surface area (Å²) in [5.41, 5.74) is 8.12. The minimum Gasteiger partial charge on any atom is -0.494 e. The van der Waals surface area contributed by atoms with Gasteiger partial charge in [-0.15, -0.1) is 0 Å². The predicted octanol–water partition coefficient (Wildman–Crippen LogP) is 2.48. The van der Waals surface area contributed by atoms with Gasteiger partial charge in [-0.25, -0.2) is 15.2 Å². The number of halogens is 1. The fraction of sp³-hybridized carbons (Fsp3) is 0.409. The first-order valence-corrected chi connectivity index (χ1v) is 10.2. The normalized spacial score (nSPS) is 22.0. The molecule has 2 fully saturated rings. The van der Waals surface area contributed by atoms with Crippen LogP contribution in [0.25, 0.3) is 0 Å².